The van der Waals surface area contributed by atoms with E-state index in [1.165, 1.54) is 25.7 Å². The molecule has 2 aliphatic rings. The number of Topliss-reactive ketones (excluding diaryl/α,β-unsaturated/α-hetero) is 1. The Morgan fingerprint density at radius 3 is 2.90 bits per heavy atom. The lowest BCUT2D eigenvalue weighted by Crippen LogP contribution is -2.52. The van der Waals surface area contributed by atoms with Crippen LogP contribution in [0.5, 0.6) is 0 Å². The normalized spacial score (nSPS) is 37.5. The van der Waals surface area contributed by atoms with Gasteiger partial charge in [-0.05, 0) is 26.2 Å². The highest BCUT2D eigenvalue weighted by Gasteiger charge is 2.48. The molecule has 1 aliphatic carbocycles. The van der Waals surface area contributed by atoms with Gasteiger partial charge in [0, 0.05) is 18.3 Å². The van der Waals surface area contributed by atoms with Crippen molar-refractivity contribution in [3.63, 3.8) is 0 Å². The van der Waals surface area contributed by atoms with E-state index in [4.69, 9.17) is 9.78 Å². The van der Waals surface area contributed by atoms with Crippen LogP contribution >= 0.6 is 0 Å². The van der Waals surface area contributed by atoms with Crippen LogP contribution in [-0.2, 0) is 14.6 Å². The van der Waals surface area contributed by atoms with Gasteiger partial charge in [-0.1, -0.05) is 45.3 Å². The minimum Gasteiger partial charge on any atom is -0.299 e. The maximum atomic E-state index is 12.0. The number of hydrogen-bond acceptors (Lipinski definition) is 3. The molecule has 2 rings (SSSR count). The third-order valence-corrected chi connectivity index (χ3v) is 4.86. The Morgan fingerprint density at radius 1 is 1.35 bits per heavy atom. The molecular formula is C17H28O3. The van der Waals surface area contributed by atoms with Crippen LogP contribution in [0.1, 0.15) is 65.7 Å². The number of ketones is 1. The van der Waals surface area contributed by atoms with Crippen LogP contribution in [0.25, 0.3) is 0 Å². The van der Waals surface area contributed by atoms with Gasteiger partial charge in [0.05, 0.1) is 0 Å². The summed E-state index contributed by atoms with van der Waals surface area (Å²) in [6.45, 7) is 6.21. The molecule has 2 bridgehead atoms. The molecule has 0 aromatic carbocycles. The molecule has 1 saturated carbocycles. The van der Waals surface area contributed by atoms with E-state index < -0.39 is 5.60 Å². The molecule has 0 unspecified atom stereocenters. The smallest absolute Gasteiger partial charge is 0.138 e. The van der Waals surface area contributed by atoms with Gasteiger partial charge in [0.15, 0.2) is 0 Å². The molecule has 1 aliphatic heterocycles. The van der Waals surface area contributed by atoms with Gasteiger partial charge in [0.25, 0.3) is 0 Å². The van der Waals surface area contributed by atoms with Crippen LogP contribution < -0.4 is 0 Å². The van der Waals surface area contributed by atoms with Crippen LogP contribution in [0.15, 0.2) is 12.2 Å². The highest BCUT2D eigenvalue weighted by Crippen LogP contribution is 2.42. The maximum Gasteiger partial charge on any atom is 0.138 e. The Balaban J connectivity index is 1.87. The van der Waals surface area contributed by atoms with Crippen LogP contribution in [0, 0.1) is 11.8 Å². The summed E-state index contributed by atoms with van der Waals surface area (Å²) < 4.78 is 0. The number of fused-ring (bicyclic) bond motifs is 2. The van der Waals surface area contributed by atoms with Crippen LogP contribution in [0.4, 0.5) is 0 Å². The molecule has 3 heteroatoms. The number of allylic oxidation sites excluding steroid dienone is 1. The van der Waals surface area contributed by atoms with Crippen LogP contribution in [0.3, 0.4) is 0 Å². The van der Waals surface area contributed by atoms with E-state index in [9.17, 15) is 4.79 Å². The predicted octanol–water partition coefficient (Wildman–Crippen LogP) is 4.22. The molecule has 1 heterocycles. The van der Waals surface area contributed by atoms with E-state index in [0.29, 0.717) is 12.2 Å². The molecular weight excluding hydrogens is 252 g/mol. The molecule has 0 aromatic heterocycles. The summed E-state index contributed by atoms with van der Waals surface area (Å²) in [5.74, 6) is 0.558. The van der Waals surface area contributed by atoms with Gasteiger partial charge >= 0.3 is 0 Å². The third kappa shape index (κ3) is 3.50. The zero-order chi connectivity index (χ0) is 14.6. The summed E-state index contributed by atoms with van der Waals surface area (Å²) in [4.78, 5) is 23.1. The molecule has 2 fully saturated rings. The molecule has 0 N–H and O–H groups in total. The van der Waals surface area contributed by atoms with Crippen LogP contribution in [-0.4, -0.2) is 17.5 Å². The minimum atomic E-state index is -0.433. The van der Waals surface area contributed by atoms with Gasteiger partial charge in [0.2, 0.25) is 0 Å². The van der Waals surface area contributed by atoms with Crippen LogP contribution in [0.2, 0.25) is 0 Å². The highest BCUT2D eigenvalue weighted by molar-refractivity contribution is 5.82. The fourth-order valence-electron chi connectivity index (χ4n) is 3.17. The van der Waals surface area contributed by atoms with Crippen molar-refractivity contribution < 1.29 is 14.6 Å². The quantitative estimate of drug-likeness (QED) is 0.415. The van der Waals surface area contributed by atoms with Crippen molar-refractivity contribution in [3.05, 3.63) is 12.2 Å². The Morgan fingerprint density at radius 2 is 2.15 bits per heavy atom. The van der Waals surface area contributed by atoms with Gasteiger partial charge < -0.3 is 0 Å². The molecule has 0 aromatic rings. The fourth-order valence-corrected chi connectivity index (χ4v) is 3.17. The number of unbranched alkanes of at least 4 members (excludes halogenated alkanes) is 4. The van der Waals surface area contributed by atoms with E-state index in [-0.39, 0.29) is 17.9 Å². The lowest BCUT2D eigenvalue weighted by Gasteiger charge is -2.45. The topological polar surface area (TPSA) is 35.5 Å². The molecule has 114 valence electrons. The molecule has 3 nitrogen and oxygen atoms in total. The first kappa shape index (κ1) is 15.7. The average Bonchev–Trinajstić information content (AvgIpc) is 2.43. The van der Waals surface area contributed by atoms with Gasteiger partial charge in [-0.15, -0.1) is 0 Å². The molecule has 0 radical (unpaired) electrons. The zero-order valence-corrected chi connectivity index (χ0v) is 13.1. The monoisotopic (exact) mass is 280 g/mol. The van der Waals surface area contributed by atoms with Crippen molar-refractivity contribution in [2.24, 2.45) is 11.8 Å². The summed E-state index contributed by atoms with van der Waals surface area (Å²) in [5.41, 5.74) is -0.433. The largest absolute Gasteiger partial charge is 0.299 e. The van der Waals surface area contributed by atoms with E-state index in [1.54, 1.807) is 0 Å². The Bertz CT molecular complexity index is 363. The summed E-state index contributed by atoms with van der Waals surface area (Å²) in [6.07, 6.45) is 12.0. The van der Waals surface area contributed by atoms with Gasteiger partial charge in [0.1, 0.15) is 17.5 Å². The second kappa shape index (κ2) is 6.86. The SMILES string of the molecule is CCCCCCC=C[C@]1(C)OO[C@@H]2C[C@H]1CC(=O)[C@@H]2C. The van der Waals surface area contributed by atoms with Gasteiger partial charge in [-0.25, -0.2) is 9.78 Å². The number of carbonyl (C=O) groups excluding carboxylic acids is 1. The van der Waals surface area contributed by atoms with Crippen molar-refractivity contribution >= 4 is 5.78 Å². The van der Waals surface area contributed by atoms with Crippen molar-refractivity contribution in [2.75, 3.05) is 0 Å². The maximum absolute atomic E-state index is 12.0. The minimum absolute atomic E-state index is 0.0196. The summed E-state index contributed by atoms with van der Waals surface area (Å²) in [6, 6.07) is 0. The van der Waals surface area contributed by atoms with Crippen molar-refractivity contribution in [3.8, 4) is 0 Å². The van der Waals surface area contributed by atoms with Crippen molar-refractivity contribution in [1.29, 1.82) is 0 Å². The Labute approximate surface area is 122 Å². The van der Waals surface area contributed by atoms with E-state index in [1.807, 2.05) is 13.8 Å². The van der Waals surface area contributed by atoms with Gasteiger partial charge in [-0.3, -0.25) is 4.79 Å². The Hall–Kier alpha value is -0.670. The highest BCUT2D eigenvalue weighted by atomic mass is 17.2. The standard InChI is InChI=1S/C17H28O3/c1-4-5-6-7-8-9-10-17(3)14-11-15(18)13(2)16(12-14)19-20-17/h9-10,13-14,16H,4-8,11-12H2,1-3H3/t13-,14+,16+,17-/m0/s1. The Kier molecular flexibility index (Phi) is 5.39. The number of carbonyl (C=O) groups is 1. The first-order chi connectivity index (χ1) is 9.57. The van der Waals surface area contributed by atoms with E-state index in [0.717, 1.165) is 12.8 Å². The number of rotatable bonds is 6. The molecule has 4 atom stereocenters. The first-order valence-corrected chi connectivity index (χ1v) is 8.11. The lowest BCUT2D eigenvalue weighted by molar-refractivity contribution is -0.415. The lowest BCUT2D eigenvalue weighted by atomic mass is 9.71. The predicted molar refractivity (Wildman–Crippen MR) is 79.2 cm³/mol. The molecule has 0 spiro atoms. The second-order valence-electron chi connectivity index (χ2n) is 6.55. The second-order valence-corrected chi connectivity index (χ2v) is 6.55. The first-order valence-electron chi connectivity index (χ1n) is 8.11. The number of hydrogen-bond donors (Lipinski definition) is 0. The summed E-state index contributed by atoms with van der Waals surface area (Å²) in [7, 11) is 0. The van der Waals surface area contributed by atoms with E-state index in [2.05, 4.69) is 19.1 Å². The zero-order valence-electron chi connectivity index (χ0n) is 13.1. The average molecular weight is 280 g/mol. The van der Waals surface area contributed by atoms with E-state index >= 15 is 0 Å². The summed E-state index contributed by atoms with van der Waals surface area (Å²) in [5, 5.41) is 0. The fraction of sp³-hybridized carbons (Fsp3) is 0.824. The molecule has 20 heavy (non-hydrogen) atoms. The van der Waals surface area contributed by atoms with Gasteiger partial charge in [-0.2, -0.15) is 0 Å². The van der Waals surface area contributed by atoms with Crippen molar-refractivity contribution in [1.82, 2.24) is 0 Å². The summed E-state index contributed by atoms with van der Waals surface area (Å²) >= 11 is 0. The third-order valence-electron chi connectivity index (χ3n) is 4.86. The molecule has 1 saturated heterocycles. The molecule has 0 amide bonds. The van der Waals surface area contributed by atoms with Crippen molar-refractivity contribution in [2.45, 2.75) is 77.4 Å².